The van der Waals surface area contributed by atoms with Crippen LogP contribution in [0.25, 0.3) is 22.6 Å². The van der Waals surface area contributed by atoms with E-state index in [1.54, 1.807) is 36.4 Å². The topological polar surface area (TPSA) is 88.2 Å². The Labute approximate surface area is 151 Å². The third-order valence-electron chi connectivity index (χ3n) is 3.58. The van der Waals surface area contributed by atoms with E-state index >= 15 is 0 Å². The maximum Gasteiger partial charge on any atom is 0.412 e. The number of rotatable bonds is 2. The average Bonchev–Trinajstić information content (AvgIpc) is 2.98. The summed E-state index contributed by atoms with van der Waals surface area (Å²) in [5, 5.41) is 11.7. The van der Waals surface area contributed by atoms with Gasteiger partial charge in [0, 0.05) is 11.3 Å². The molecule has 0 unspecified atom stereocenters. The van der Waals surface area contributed by atoms with Gasteiger partial charge in [0.2, 0.25) is 5.89 Å². The molecule has 0 saturated heterocycles. The van der Waals surface area contributed by atoms with Crippen molar-refractivity contribution in [3.05, 3.63) is 47.5 Å². The molecule has 132 valence electrons. The van der Waals surface area contributed by atoms with E-state index in [-0.39, 0.29) is 0 Å². The van der Waals surface area contributed by atoms with Gasteiger partial charge in [0.05, 0.1) is 11.6 Å². The first kappa shape index (κ1) is 17.5. The minimum atomic E-state index is -0.553. The predicted octanol–water partition coefficient (Wildman–Crippen LogP) is 5.02. The number of nitrogens with one attached hydrogen (secondary N) is 1. The lowest BCUT2D eigenvalue weighted by Crippen LogP contribution is -2.27. The highest BCUT2D eigenvalue weighted by molar-refractivity contribution is 5.85. The number of nitriles is 1. The molecule has 0 atom stereocenters. The van der Waals surface area contributed by atoms with Gasteiger partial charge in [-0.05, 0) is 69.7 Å². The van der Waals surface area contributed by atoms with E-state index in [1.165, 1.54) is 0 Å². The molecular formula is C20H19N3O3. The minimum absolute atomic E-state index is 0.460. The first-order valence-electron chi connectivity index (χ1n) is 8.17. The van der Waals surface area contributed by atoms with Crippen molar-refractivity contribution in [2.24, 2.45) is 0 Å². The standard InChI is InChI=1S/C20H19N3O3/c1-12-9-13(11-21)10-16-17(12)25-18(23-16)14-5-7-15(8-6-14)22-19(24)26-20(2,3)4/h5-10H,1-4H3,(H,22,24). The molecule has 0 fully saturated rings. The molecule has 0 spiro atoms. The largest absolute Gasteiger partial charge is 0.444 e. The van der Waals surface area contributed by atoms with E-state index in [9.17, 15) is 4.79 Å². The molecule has 0 aliphatic heterocycles. The molecule has 6 heteroatoms. The second-order valence-electron chi connectivity index (χ2n) is 6.98. The summed E-state index contributed by atoms with van der Waals surface area (Å²) >= 11 is 0. The van der Waals surface area contributed by atoms with Crippen molar-refractivity contribution in [3.8, 4) is 17.5 Å². The van der Waals surface area contributed by atoms with Gasteiger partial charge in [0.1, 0.15) is 11.1 Å². The van der Waals surface area contributed by atoms with E-state index in [1.807, 2.05) is 27.7 Å². The molecule has 3 aromatic rings. The second-order valence-corrected chi connectivity index (χ2v) is 6.98. The Kier molecular flexibility index (Phi) is 4.39. The summed E-state index contributed by atoms with van der Waals surface area (Å²) in [7, 11) is 0. The van der Waals surface area contributed by atoms with Gasteiger partial charge in [-0.1, -0.05) is 0 Å². The van der Waals surface area contributed by atoms with Gasteiger partial charge in [0.15, 0.2) is 5.58 Å². The van der Waals surface area contributed by atoms with Gasteiger partial charge >= 0.3 is 6.09 Å². The van der Waals surface area contributed by atoms with Crippen LogP contribution in [0, 0.1) is 18.3 Å². The lowest BCUT2D eigenvalue weighted by Gasteiger charge is -2.19. The zero-order valence-corrected chi connectivity index (χ0v) is 15.1. The Morgan fingerprint density at radius 1 is 1.23 bits per heavy atom. The molecule has 3 rings (SSSR count). The molecule has 2 aromatic carbocycles. The maximum absolute atomic E-state index is 11.8. The maximum atomic E-state index is 11.8. The lowest BCUT2D eigenvalue weighted by atomic mass is 10.1. The molecule has 26 heavy (non-hydrogen) atoms. The number of fused-ring (bicyclic) bond motifs is 1. The average molecular weight is 349 g/mol. The summed E-state index contributed by atoms with van der Waals surface area (Å²) in [4.78, 5) is 16.3. The second kappa shape index (κ2) is 6.52. The smallest absolute Gasteiger partial charge is 0.412 e. The number of oxazole rings is 1. The van der Waals surface area contributed by atoms with Crippen molar-refractivity contribution in [1.82, 2.24) is 4.98 Å². The Bertz CT molecular complexity index is 1010. The van der Waals surface area contributed by atoms with Gasteiger partial charge in [-0.2, -0.15) is 5.26 Å². The van der Waals surface area contributed by atoms with Crippen molar-refractivity contribution in [2.75, 3.05) is 5.32 Å². The number of carbonyl (C=O) groups excluding carboxylic acids is 1. The highest BCUT2D eigenvalue weighted by Gasteiger charge is 2.16. The Hall–Kier alpha value is -3.33. The zero-order chi connectivity index (χ0) is 18.9. The summed E-state index contributed by atoms with van der Waals surface area (Å²) < 4.78 is 11.1. The van der Waals surface area contributed by atoms with Crippen molar-refractivity contribution >= 4 is 22.9 Å². The molecule has 0 saturated carbocycles. The number of nitrogens with zero attached hydrogens (tertiary/aromatic N) is 2. The number of ether oxygens (including phenoxy) is 1. The van der Waals surface area contributed by atoms with Crippen LogP contribution in [0.5, 0.6) is 0 Å². The van der Waals surface area contributed by atoms with Crippen molar-refractivity contribution in [3.63, 3.8) is 0 Å². The zero-order valence-electron chi connectivity index (χ0n) is 15.1. The first-order chi connectivity index (χ1) is 12.2. The fraction of sp³-hybridized carbons (Fsp3) is 0.250. The Balaban J connectivity index is 1.83. The summed E-state index contributed by atoms with van der Waals surface area (Å²) in [5.41, 5.74) is 3.55. The fourth-order valence-corrected chi connectivity index (χ4v) is 2.51. The van der Waals surface area contributed by atoms with Crippen LogP contribution in [-0.2, 0) is 4.74 Å². The van der Waals surface area contributed by atoms with Gasteiger partial charge < -0.3 is 9.15 Å². The summed E-state index contributed by atoms with van der Waals surface area (Å²) in [5.74, 6) is 0.460. The normalized spacial score (nSPS) is 11.2. The van der Waals surface area contributed by atoms with Crippen LogP contribution in [0.4, 0.5) is 10.5 Å². The number of hydrogen-bond donors (Lipinski definition) is 1. The van der Waals surface area contributed by atoms with Crippen molar-refractivity contribution in [1.29, 1.82) is 5.26 Å². The Morgan fingerprint density at radius 2 is 1.92 bits per heavy atom. The van der Waals surface area contributed by atoms with Crippen LogP contribution in [0.2, 0.25) is 0 Å². The first-order valence-corrected chi connectivity index (χ1v) is 8.17. The monoisotopic (exact) mass is 349 g/mol. The molecule has 1 heterocycles. The van der Waals surface area contributed by atoms with Crippen LogP contribution in [0.15, 0.2) is 40.8 Å². The van der Waals surface area contributed by atoms with Crippen LogP contribution < -0.4 is 5.32 Å². The molecule has 6 nitrogen and oxygen atoms in total. The number of anilines is 1. The molecule has 0 radical (unpaired) electrons. The van der Waals surface area contributed by atoms with Gasteiger partial charge in [-0.25, -0.2) is 9.78 Å². The highest BCUT2D eigenvalue weighted by atomic mass is 16.6. The van der Waals surface area contributed by atoms with Gasteiger partial charge in [-0.3, -0.25) is 5.32 Å². The van der Waals surface area contributed by atoms with Gasteiger partial charge in [-0.15, -0.1) is 0 Å². The third kappa shape index (κ3) is 3.83. The highest BCUT2D eigenvalue weighted by Crippen LogP contribution is 2.28. The number of aryl methyl sites for hydroxylation is 1. The molecule has 1 aromatic heterocycles. The van der Waals surface area contributed by atoms with Crippen molar-refractivity contribution in [2.45, 2.75) is 33.3 Å². The fourth-order valence-electron chi connectivity index (χ4n) is 2.51. The summed E-state index contributed by atoms with van der Waals surface area (Å²) in [6.45, 7) is 7.31. The SMILES string of the molecule is Cc1cc(C#N)cc2nc(-c3ccc(NC(=O)OC(C)(C)C)cc3)oc12. The number of aromatic nitrogens is 1. The third-order valence-corrected chi connectivity index (χ3v) is 3.58. The quantitative estimate of drug-likeness (QED) is 0.701. The number of amides is 1. The van der Waals surface area contributed by atoms with E-state index in [0.29, 0.717) is 28.2 Å². The van der Waals surface area contributed by atoms with Crippen LogP contribution >= 0.6 is 0 Å². The molecule has 0 bridgehead atoms. The summed E-state index contributed by atoms with van der Waals surface area (Å²) in [6, 6.07) is 12.7. The van der Waals surface area contributed by atoms with Crippen LogP contribution in [0.1, 0.15) is 31.9 Å². The number of hydrogen-bond acceptors (Lipinski definition) is 5. The lowest BCUT2D eigenvalue weighted by molar-refractivity contribution is 0.0636. The number of benzene rings is 2. The molecule has 0 aliphatic rings. The molecule has 0 aliphatic carbocycles. The van der Waals surface area contributed by atoms with Crippen LogP contribution in [-0.4, -0.2) is 16.7 Å². The van der Waals surface area contributed by atoms with Crippen LogP contribution in [0.3, 0.4) is 0 Å². The minimum Gasteiger partial charge on any atom is -0.444 e. The van der Waals surface area contributed by atoms with Crippen molar-refractivity contribution < 1.29 is 13.9 Å². The van der Waals surface area contributed by atoms with Gasteiger partial charge in [0.25, 0.3) is 0 Å². The summed E-state index contributed by atoms with van der Waals surface area (Å²) in [6.07, 6.45) is -0.508. The number of carbonyl (C=O) groups is 1. The molecule has 1 amide bonds. The molecule has 1 N–H and O–H groups in total. The van der Waals surface area contributed by atoms with E-state index in [0.717, 1.165) is 11.1 Å². The molecular weight excluding hydrogens is 330 g/mol. The van der Waals surface area contributed by atoms with E-state index in [2.05, 4.69) is 16.4 Å². The predicted molar refractivity (Wildman–Crippen MR) is 98.8 cm³/mol. The van der Waals surface area contributed by atoms with E-state index < -0.39 is 11.7 Å². The van der Waals surface area contributed by atoms with E-state index in [4.69, 9.17) is 14.4 Å². The Morgan fingerprint density at radius 3 is 2.54 bits per heavy atom.